The second kappa shape index (κ2) is 9.00. The van der Waals surface area contributed by atoms with E-state index >= 15 is 0 Å². The van der Waals surface area contributed by atoms with Crippen LogP contribution in [-0.4, -0.2) is 31.3 Å². The molecule has 1 rings (SSSR count). The van der Waals surface area contributed by atoms with E-state index in [1.54, 1.807) is 11.8 Å². The smallest absolute Gasteiger partial charge is 0.220 e. The first-order valence-electron chi connectivity index (χ1n) is 6.35. The number of carbonyl (C=O) groups excluding carboxylic acids is 1. The van der Waals surface area contributed by atoms with Gasteiger partial charge in [-0.05, 0) is 32.1 Å². The third-order valence-corrected chi connectivity index (χ3v) is 3.61. The highest BCUT2D eigenvalue weighted by molar-refractivity contribution is 8.00. The zero-order valence-electron chi connectivity index (χ0n) is 11.1. The second-order valence-electron chi connectivity index (χ2n) is 4.25. The average Bonchev–Trinajstić information content (AvgIpc) is 2.38. The average molecular weight is 266 g/mol. The maximum absolute atomic E-state index is 11.5. The number of carbonyl (C=O) groups is 1. The van der Waals surface area contributed by atoms with Gasteiger partial charge >= 0.3 is 0 Å². The van der Waals surface area contributed by atoms with Gasteiger partial charge in [-0.1, -0.05) is 25.1 Å². The van der Waals surface area contributed by atoms with Crippen LogP contribution in [0.1, 0.15) is 19.8 Å². The normalized spacial score (nSPS) is 12.1. The molecule has 1 amide bonds. The quantitative estimate of drug-likeness (QED) is 0.560. The molecular formula is C14H22N2OS. The first-order chi connectivity index (χ1) is 8.72. The van der Waals surface area contributed by atoms with Crippen LogP contribution in [0, 0.1) is 0 Å². The first kappa shape index (κ1) is 15.1. The SMILES string of the molecule is CNCCCC(=O)NCC(C)Sc1ccccc1. The van der Waals surface area contributed by atoms with Crippen molar-refractivity contribution in [1.29, 1.82) is 0 Å². The molecule has 100 valence electrons. The molecule has 0 saturated heterocycles. The van der Waals surface area contributed by atoms with Gasteiger partial charge in [-0.25, -0.2) is 0 Å². The minimum Gasteiger partial charge on any atom is -0.355 e. The van der Waals surface area contributed by atoms with Crippen molar-refractivity contribution in [3.8, 4) is 0 Å². The number of hydrogen-bond acceptors (Lipinski definition) is 3. The van der Waals surface area contributed by atoms with Crippen molar-refractivity contribution in [3.63, 3.8) is 0 Å². The zero-order valence-corrected chi connectivity index (χ0v) is 11.9. The maximum Gasteiger partial charge on any atom is 0.220 e. The van der Waals surface area contributed by atoms with Crippen LogP contribution in [0.3, 0.4) is 0 Å². The minimum absolute atomic E-state index is 0.144. The minimum atomic E-state index is 0.144. The molecule has 0 spiro atoms. The van der Waals surface area contributed by atoms with E-state index in [1.165, 1.54) is 4.90 Å². The van der Waals surface area contributed by atoms with Gasteiger partial charge in [0, 0.05) is 23.1 Å². The Bertz CT molecular complexity index is 343. The monoisotopic (exact) mass is 266 g/mol. The van der Waals surface area contributed by atoms with Crippen LogP contribution >= 0.6 is 11.8 Å². The van der Waals surface area contributed by atoms with Crippen LogP contribution < -0.4 is 10.6 Å². The molecule has 1 aromatic carbocycles. The summed E-state index contributed by atoms with van der Waals surface area (Å²) >= 11 is 1.79. The predicted molar refractivity (Wildman–Crippen MR) is 77.9 cm³/mol. The molecular weight excluding hydrogens is 244 g/mol. The van der Waals surface area contributed by atoms with Gasteiger partial charge in [-0.15, -0.1) is 11.8 Å². The van der Waals surface area contributed by atoms with Crippen molar-refractivity contribution < 1.29 is 4.79 Å². The topological polar surface area (TPSA) is 41.1 Å². The molecule has 0 aliphatic carbocycles. The Morgan fingerprint density at radius 2 is 2.06 bits per heavy atom. The van der Waals surface area contributed by atoms with Gasteiger partial charge in [0.05, 0.1) is 0 Å². The fourth-order valence-corrected chi connectivity index (χ4v) is 2.49. The highest BCUT2D eigenvalue weighted by Gasteiger charge is 2.06. The molecule has 18 heavy (non-hydrogen) atoms. The Kier molecular flexibility index (Phi) is 7.53. The lowest BCUT2D eigenvalue weighted by Gasteiger charge is -2.12. The number of nitrogens with one attached hydrogen (secondary N) is 2. The molecule has 0 saturated carbocycles. The van der Waals surface area contributed by atoms with Crippen LogP contribution in [0.15, 0.2) is 35.2 Å². The van der Waals surface area contributed by atoms with Gasteiger partial charge < -0.3 is 10.6 Å². The summed E-state index contributed by atoms with van der Waals surface area (Å²) in [6.45, 7) is 3.74. The van der Waals surface area contributed by atoms with Crippen molar-refractivity contribution in [1.82, 2.24) is 10.6 Å². The number of hydrogen-bond donors (Lipinski definition) is 2. The Morgan fingerprint density at radius 1 is 1.33 bits per heavy atom. The molecule has 0 aromatic heterocycles. The summed E-state index contributed by atoms with van der Waals surface area (Å²) in [5.74, 6) is 0.144. The summed E-state index contributed by atoms with van der Waals surface area (Å²) in [5, 5.41) is 6.40. The van der Waals surface area contributed by atoms with E-state index < -0.39 is 0 Å². The lowest BCUT2D eigenvalue weighted by Crippen LogP contribution is -2.29. The molecule has 0 radical (unpaired) electrons. The maximum atomic E-state index is 11.5. The summed E-state index contributed by atoms with van der Waals surface area (Å²) in [7, 11) is 1.90. The number of benzene rings is 1. The van der Waals surface area contributed by atoms with E-state index in [0.29, 0.717) is 11.7 Å². The van der Waals surface area contributed by atoms with Crippen LogP contribution in [-0.2, 0) is 4.79 Å². The molecule has 4 heteroatoms. The lowest BCUT2D eigenvalue weighted by atomic mass is 10.3. The summed E-state index contributed by atoms with van der Waals surface area (Å²) in [6, 6.07) is 10.3. The van der Waals surface area contributed by atoms with Crippen molar-refractivity contribution in [2.24, 2.45) is 0 Å². The van der Waals surface area contributed by atoms with Crippen molar-refractivity contribution >= 4 is 17.7 Å². The van der Waals surface area contributed by atoms with Gasteiger partial charge in [-0.3, -0.25) is 4.79 Å². The van der Waals surface area contributed by atoms with E-state index in [0.717, 1.165) is 19.5 Å². The third-order valence-electron chi connectivity index (χ3n) is 2.50. The Morgan fingerprint density at radius 3 is 2.72 bits per heavy atom. The van der Waals surface area contributed by atoms with Crippen molar-refractivity contribution in [2.75, 3.05) is 20.1 Å². The summed E-state index contributed by atoms with van der Waals surface area (Å²) in [4.78, 5) is 12.8. The van der Waals surface area contributed by atoms with Gasteiger partial charge in [0.25, 0.3) is 0 Å². The fraction of sp³-hybridized carbons (Fsp3) is 0.500. The summed E-state index contributed by atoms with van der Waals surface area (Å²) in [5.41, 5.74) is 0. The lowest BCUT2D eigenvalue weighted by molar-refractivity contribution is -0.121. The van der Waals surface area contributed by atoms with Crippen LogP contribution in [0.5, 0.6) is 0 Å². The predicted octanol–water partition coefficient (Wildman–Crippen LogP) is 2.28. The summed E-state index contributed by atoms with van der Waals surface area (Å²) in [6.07, 6.45) is 1.49. The molecule has 3 nitrogen and oxygen atoms in total. The van der Waals surface area contributed by atoms with Crippen molar-refractivity contribution in [2.45, 2.75) is 29.9 Å². The van der Waals surface area contributed by atoms with Crippen LogP contribution in [0.25, 0.3) is 0 Å². The van der Waals surface area contributed by atoms with Gasteiger partial charge in [-0.2, -0.15) is 0 Å². The van der Waals surface area contributed by atoms with Crippen molar-refractivity contribution in [3.05, 3.63) is 30.3 Å². The highest BCUT2D eigenvalue weighted by atomic mass is 32.2. The standard InChI is InChI=1S/C14H22N2OS/c1-12(18-13-7-4-3-5-8-13)11-16-14(17)9-6-10-15-2/h3-5,7-8,12,15H,6,9-11H2,1-2H3,(H,16,17). The van der Waals surface area contributed by atoms with E-state index in [4.69, 9.17) is 0 Å². The Hall–Kier alpha value is -1.00. The number of rotatable bonds is 8. The largest absolute Gasteiger partial charge is 0.355 e. The van der Waals surface area contributed by atoms with Gasteiger partial charge in [0.1, 0.15) is 0 Å². The molecule has 1 aromatic rings. The van der Waals surface area contributed by atoms with E-state index in [9.17, 15) is 4.79 Å². The van der Waals surface area contributed by atoms with Crippen LogP contribution in [0.4, 0.5) is 0 Å². The Balaban J connectivity index is 2.17. The number of amides is 1. The fourth-order valence-electron chi connectivity index (χ4n) is 1.54. The molecule has 1 atom stereocenters. The van der Waals surface area contributed by atoms with Crippen LogP contribution in [0.2, 0.25) is 0 Å². The second-order valence-corrected chi connectivity index (χ2v) is 5.76. The molecule has 1 unspecified atom stereocenters. The molecule has 0 aliphatic heterocycles. The highest BCUT2D eigenvalue weighted by Crippen LogP contribution is 2.21. The molecule has 0 heterocycles. The summed E-state index contributed by atoms with van der Waals surface area (Å²) < 4.78 is 0. The Labute approximate surface area is 114 Å². The third kappa shape index (κ3) is 6.67. The van der Waals surface area contributed by atoms with E-state index in [1.807, 2.05) is 25.2 Å². The molecule has 0 aliphatic rings. The van der Waals surface area contributed by atoms with E-state index in [2.05, 4.69) is 29.7 Å². The van der Waals surface area contributed by atoms with Gasteiger partial charge in [0.15, 0.2) is 0 Å². The molecule has 0 fully saturated rings. The van der Waals surface area contributed by atoms with E-state index in [-0.39, 0.29) is 5.91 Å². The first-order valence-corrected chi connectivity index (χ1v) is 7.23. The number of thioether (sulfide) groups is 1. The van der Waals surface area contributed by atoms with Gasteiger partial charge in [0.2, 0.25) is 5.91 Å². The zero-order chi connectivity index (χ0) is 13.2. The molecule has 0 bridgehead atoms. The molecule has 2 N–H and O–H groups in total.